The Kier molecular flexibility index (Phi) is 7.19. The fraction of sp³-hybridized carbons (Fsp3) is 0.0870. The van der Waals surface area contributed by atoms with Gasteiger partial charge in [0.1, 0.15) is 6.61 Å². The summed E-state index contributed by atoms with van der Waals surface area (Å²) in [6.45, 7) is 0.345. The van der Waals surface area contributed by atoms with Crippen molar-refractivity contribution in [1.29, 1.82) is 5.26 Å². The highest BCUT2D eigenvalue weighted by Crippen LogP contribution is 2.28. The van der Waals surface area contributed by atoms with Crippen LogP contribution in [0.4, 0.5) is 0 Å². The highest BCUT2D eigenvalue weighted by atomic mass is 79.9. The summed E-state index contributed by atoms with van der Waals surface area (Å²) in [5, 5.41) is 12.9. The zero-order valence-electron chi connectivity index (χ0n) is 16.1. The van der Waals surface area contributed by atoms with Gasteiger partial charge in [-0.15, -0.1) is 0 Å². The van der Waals surface area contributed by atoms with Gasteiger partial charge in [-0.2, -0.15) is 10.4 Å². The van der Waals surface area contributed by atoms with E-state index in [4.69, 9.17) is 14.7 Å². The first kappa shape index (κ1) is 21.1. The molecule has 0 heterocycles. The molecule has 0 spiro atoms. The molecule has 0 radical (unpaired) electrons. The first-order chi connectivity index (χ1) is 14.6. The van der Waals surface area contributed by atoms with Gasteiger partial charge in [-0.3, -0.25) is 4.79 Å². The molecule has 0 aliphatic heterocycles. The van der Waals surface area contributed by atoms with Gasteiger partial charge < -0.3 is 9.47 Å². The zero-order valence-corrected chi connectivity index (χ0v) is 17.7. The van der Waals surface area contributed by atoms with Crippen LogP contribution in [0.1, 0.15) is 27.0 Å². The summed E-state index contributed by atoms with van der Waals surface area (Å²) in [6, 6.07) is 21.7. The SMILES string of the molecule is COc1cc(/C=N\NC(=O)c2ccccc2Br)ccc1OCc1ccc(C#N)cc1. The normalized spacial score (nSPS) is 10.4. The van der Waals surface area contributed by atoms with Crippen LogP contribution < -0.4 is 14.9 Å². The Balaban J connectivity index is 1.63. The zero-order chi connectivity index (χ0) is 21.3. The maximum atomic E-state index is 12.2. The van der Waals surface area contributed by atoms with Gasteiger partial charge >= 0.3 is 0 Å². The van der Waals surface area contributed by atoms with Gasteiger partial charge in [0, 0.05) is 4.47 Å². The van der Waals surface area contributed by atoms with Crippen molar-refractivity contribution in [2.24, 2.45) is 5.10 Å². The first-order valence-electron chi connectivity index (χ1n) is 8.98. The van der Waals surface area contributed by atoms with Gasteiger partial charge in [0.2, 0.25) is 0 Å². The lowest BCUT2D eigenvalue weighted by Crippen LogP contribution is -2.18. The molecule has 30 heavy (non-hydrogen) atoms. The van der Waals surface area contributed by atoms with Crippen molar-refractivity contribution in [1.82, 2.24) is 5.43 Å². The van der Waals surface area contributed by atoms with E-state index in [0.717, 1.165) is 11.1 Å². The van der Waals surface area contributed by atoms with E-state index < -0.39 is 0 Å². The summed E-state index contributed by atoms with van der Waals surface area (Å²) >= 11 is 3.34. The Labute approximate surface area is 182 Å². The summed E-state index contributed by atoms with van der Waals surface area (Å²) in [7, 11) is 1.56. The number of carbonyl (C=O) groups excluding carboxylic acids is 1. The minimum atomic E-state index is -0.312. The standard InChI is InChI=1S/C23H18BrN3O3/c1-29-22-12-18(14-26-27-23(28)19-4-2-3-5-20(19)24)10-11-21(22)30-15-17-8-6-16(13-25)7-9-17/h2-12,14H,15H2,1H3,(H,27,28)/b26-14-. The second-order valence-electron chi connectivity index (χ2n) is 6.19. The lowest BCUT2D eigenvalue weighted by molar-refractivity contribution is 0.0954. The number of methoxy groups -OCH3 is 1. The van der Waals surface area contributed by atoms with Crippen molar-refractivity contribution in [2.45, 2.75) is 6.61 Å². The molecule has 3 aromatic carbocycles. The number of amides is 1. The van der Waals surface area contributed by atoms with Crippen LogP contribution in [-0.2, 0) is 6.61 Å². The van der Waals surface area contributed by atoms with Gasteiger partial charge in [0.05, 0.1) is 30.5 Å². The average molecular weight is 464 g/mol. The minimum absolute atomic E-state index is 0.312. The number of hydrogen-bond acceptors (Lipinski definition) is 5. The van der Waals surface area contributed by atoms with Gasteiger partial charge in [-0.05, 0) is 69.5 Å². The van der Waals surface area contributed by atoms with Crippen LogP contribution in [0.2, 0.25) is 0 Å². The topological polar surface area (TPSA) is 83.7 Å². The van der Waals surface area contributed by atoms with E-state index in [9.17, 15) is 4.79 Å². The third kappa shape index (κ3) is 5.46. The molecule has 0 aromatic heterocycles. The van der Waals surface area contributed by atoms with Crippen LogP contribution in [0.3, 0.4) is 0 Å². The largest absolute Gasteiger partial charge is 0.493 e. The minimum Gasteiger partial charge on any atom is -0.493 e. The van der Waals surface area contributed by atoms with Crippen LogP contribution >= 0.6 is 15.9 Å². The van der Waals surface area contributed by atoms with Crippen molar-refractivity contribution in [3.8, 4) is 17.6 Å². The maximum Gasteiger partial charge on any atom is 0.272 e. The van der Waals surface area contributed by atoms with Crippen molar-refractivity contribution in [2.75, 3.05) is 7.11 Å². The molecule has 0 fully saturated rings. The Bertz CT molecular complexity index is 1110. The molecule has 0 bridgehead atoms. The first-order valence-corrected chi connectivity index (χ1v) is 9.78. The molecule has 3 rings (SSSR count). The number of ether oxygens (including phenoxy) is 2. The van der Waals surface area contributed by atoms with Crippen LogP contribution in [-0.4, -0.2) is 19.2 Å². The number of halogens is 1. The predicted molar refractivity (Wildman–Crippen MR) is 118 cm³/mol. The third-order valence-electron chi connectivity index (χ3n) is 4.16. The summed E-state index contributed by atoms with van der Waals surface area (Å²) in [5.41, 5.74) is 5.29. The molecule has 150 valence electrons. The average Bonchev–Trinajstić information content (AvgIpc) is 2.78. The van der Waals surface area contributed by atoms with Gasteiger partial charge in [0.15, 0.2) is 11.5 Å². The predicted octanol–water partition coefficient (Wildman–Crippen LogP) is 4.67. The molecule has 0 unspecified atom stereocenters. The Morgan fingerprint density at radius 3 is 2.60 bits per heavy atom. The number of rotatable bonds is 7. The Morgan fingerprint density at radius 1 is 1.13 bits per heavy atom. The summed E-state index contributed by atoms with van der Waals surface area (Å²) in [5.74, 6) is 0.814. The summed E-state index contributed by atoms with van der Waals surface area (Å²) in [6.07, 6.45) is 1.53. The highest BCUT2D eigenvalue weighted by molar-refractivity contribution is 9.10. The lowest BCUT2D eigenvalue weighted by Gasteiger charge is -2.11. The molecule has 0 aliphatic carbocycles. The van der Waals surface area contributed by atoms with Crippen molar-refractivity contribution in [3.05, 3.63) is 93.5 Å². The van der Waals surface area contributed by atoms with Crippen molar-refractivity contribution < 1.29 is 14.3 Å². The molecule has 1 amide bonds. The van der Waals surface area contributed by atoms with Gasteiger partial charge in [-0.25, -0.2) is 5.43 Å². The molecule has 1 N–H and O–H groups in total. The highest BCUT2D eigenvalue weighted by Gasteiger charge is 2.08. The lowest BCUT2D eigenvalue weighted by atomic mass is 10.1. The molecular weight excluding hydrogens is 446 g/mol. The van der Waals surface area contributed by atoms with Crippen LogP contribution in [0.15, 0.2) is 76.3 Å². The molecule has 0 saturated heterocycles. The van der Waals surface area contributed by atoms with E-state index in [0.29, 0.717) is 33.7 Å². The number of hydrazone groups is 1. The number of nitrogens with one attached hydrogen (secondary N) is 1. The van der Waals surface area contributed by atoms with Gasteiger partial charge in [0.25, 0.3) is 5.91 Å². The van der Waals surface area contributed by atoms with Crippen molar-refractivity contribution in [3.63, 3.8) is 0 Å². The third-order valence-corrected chi connectivity index (χ3v) is 4.85. The van der Waals surface area contributed by atoms with Crippen LogP contribution in [0.25, 0.3) is 0 Å². The molecule has 0 atom stereocenters. The smallest absolute Gasteiger partial charge is 0.272 e. The van der Waals surface area contributed by atoms with Crippen LogP contribution in [0.5, 0.6) is 11.5 Å². The molecule has 0 aliphatic rings. The Morgan fingerprint density at radius 2 is 1.90 bits per heavy atom. The number of nitriles is 1. The second-order valence-corrected chi connectivity index (χ2v) is 7.04. The second kappa shape index (κ2) is 10.2. The summed E-state index contributed by atoms with van der Waals surface area (Å²) in [4.78, 5) is 12.2. The van der Waals surface area contributed by atoms with E-state index in [2.05, 4.69) is 32.5 Å². The van der Waals surface area contributed by atoms with E-state index >= 15 is 0 Å². The van der Waals surface area contributed by atoms with E-state index in [1.54, 1.807) is 49.6 Å². The van der Waals surface area contributed by atoms with Crippen LogP contribution in [0, 0.1) is 11.3 Å². The molecule has 7 heteroatoms. The number of hydrogen-bond donors (Lipinski definition) is 1. The summed E-state index contributed by atoms with van der Waals surface area (Å²) < 4.78 is 11.9. The molecular formula is C23H18BrN3O3. The van der Waals surface area contributed by atoms with E-state index in [1.165, 1.54) is 6.21 Å². The van der Waals surface area contributed by atoms with Gasteiger partial charge in [-0.1, -0.05) is 24.3 Å². The maximum absolute atomic E-state index is 12.2. The molecule has 3 aromatic rings. The monoisotopic (exact) mass is 463 g/mol. The van der Waals surface area contributed by atoms with E-state index in [-0.39, 0.29) is 5.91 Å². The van der Waals surface area contributed by atoms with Crippen molar-refractivity contribution >= 4 is 28.1 Å². The molecule has 6 nitrogen and oxygen atoms in total. The quantitative estimate of drug-likeness (QED) is 0.407. The number of carbonyl (C=O) groups is 1. The van der Waals surface area contributed by atoms with E-state index in [1.807, 2.05) is 24.3 Å². The number of nitrogens with zero attached hydrogens (tertiary/aromatic N) is 2. The fourth-order valence-electron chi connectivity index (χ4n) is 2.59. The number of benzene rings is 3. The Hall–Kier alpha value is -3.63. The fourth-order valence-corrected chi connectivity index (χ4v) is 3.06. The molecule has 0 saturated carbocycles.